The average molecular weight is 271 g/mol. The molecule has 1 unspecified atom stereocenters. The Morgan fingerprint density at radius 2 is 2.47 bits per heavy atom. The number of hydrogen-bond donors (Lipinski definition) is 0. The molecule has 1 aliphatic rings. The third-order valence-electron chi connectivity index (χ3n) is 2.55. The van der Waals surface area contributed by atoms with Crippen molar-refractivity contribution in [3.8, 4) is 0 Å². The van der Waals surface area contributed by atoms with Crippen molar-refractivity contribution in [3.05, 3.63) is 24.0 Å². The van der Waals surface area contributed by atoms with E-state index in [2.05, 4.69) is 38.8 Å². The second-order valence-corrected chi connectivity index (χ2v) is 5.08. The highest BCUT2D eigenvalue weighted by molar-refractivity contribution is 9.09. The quantitative estimate of drug-likeness (QED) is 0.730. The van der Waals surface area contributed by atoms with Gasteiger partial charge in [0.05, 0.1) is 18.0 Å². The normalized spacial score (nSPS) is 22.5. The van der Waals surface area contributed by atoms with Gasteiger partial charge in [-0.25, -0.2) is 0 Å². The Balaban J connectivity index is 2.18. The van der Waals surface area contributed by atoms with Crippen LogP contribution in [0, 0.1) is 6.92 Å². The number of pyridine rings is 1. The van der Waals surface area contributed by atoms with Gasteiger partial charge in [0.25, 0.3) is 0 Å². The topological polar surface area (TPSA) is 25.4 Å². The molecule has 0 aromatic carbocycles. The van der Waals surface area contributed by atoms with Crippen molar-refractivity contribution in [2.24, 2.45) is 0 Å². The molecule has 0 spiro atoms. The predicted octanol–water partition coefficient (Wildman–Crippen LogP) is 1.99. The van der Waals surface area contributed by atoms with E-state index in [0.717, 1.165) is 26.3 Å². The SMILES string of the molecule is Cc1cnccc1N1CCOCC(Br)C1. The highest BCUT2D eigenvalue weighted by atomic mass is 79.9. The Morgan fingerprint density at radius 3 is 3.27 bits per heavy atom. The van der Waals surface area contributed by atoms with E-state index in [1.54, 1.807) is 0 Å². The van der Waals surface area contributed by atoms with Gasteiger partial charge in [0.2, 0.25) is 0 Å². The standard InChI is InChI=1S/C11H15BrN2O/c1-9-6-13-3-2-11(9)14-4-5-15-8-10(12)7-14/h2-3,6,10H,4-5,7-8H2,1H3. The first-order valence-electron chi connectivity index (χ1n) is 5.15. The maximum Gasteiger partial charge on any atom is 0.0642 e. The number of rotatable bonds is 1. The zero-order chi connectivity index (χ0) is 10.7. The Bertz CT molecular complexity index is 332. The summed E-state index contributed by atoms with van der Waals surface area (Å²) in [7, 11) is 0. The van der Waals surface area contributed by atoms with Gasteiger partial charge in [-0.2, -0.15) is 0 Å². The van der Waals surface area contributed by atoms with Crippen LogP contribution in [0.15, 0.2) is 18.5 Å². The summed E-state index contributed by atoms with van der Waals surface area (Å²) in [5, 5.41) is 0. The number of ether oxygens (including phenoxy) is 1. The fraction of sp³-hybridized carbons (Fsp3) is 0.545. The summed E-state index contributed by atoms with van der Waals surface area (Å²) in [6.07, 6.45) is 3.75. The summed E-state index contributed by atoms with van der Waals surface area (Å²) < 4.78 is 5.49. The van der Waals surface area contributed by atoms with Crippen molar-refractivity contribution in [3.63, 3.8) is 0 Å². The Labute approximate surface area is 98.6 Å². The number of alkyl halides is 1. The van der Waals surface area contributed by atoms with Gasteiger partial charge in [-0.05, 0) is 18.6 Å². The van der Waals surface area contributed by atoms with Crippen molar-refractivity contribution < 1.29 is 4.74 Å². The summed E-state index contributed by atoms with van der Waals surface area (Å²) in [4.78, 5) is 6.87. The van der Waals surface area contributed by atoms with E-state index >= 15 is 0 Å². The van der Waals surface area contributed by atoms with Crippen molar-refractivity contribution in [1.82, 2.24) is 4.98 Å². The van der Waals surface area contributed by atoms with Gasteiger partial charge in [-0.1, -0.05) is 15.9 Å². The van der Waals surface area contributed by atoms with E-state index in [0.29, 0.717) is 4.83 Å². The maximum atomic E-state index is 5.49. The first kappa shape index (κ1) is 10.9. The highest BCUT2D eigenvalue weighted by Crippen LogP contribution is 2.21. The average Bonchev–Trinajstić information content (AvgIpc) is 2.43. The molecule has 1 aromatic heterocycles. The summed E-state index contributed by atoms with van der Waals surface area (Å²) in [6, 6.07) is 2.07. The Hall–Kier alpha value is -0.610. The molecule has 2 rings (SSSR count). The van der Waals surface area contributed by atoms with Gasteiger partial charge in [0.15, 0.2) is 0 Å². The number of nitrogens with zero attached hydrogens (tertiary/aromatic N) is 2. The van der Waals surface area contributed by atoms with Crippen LogP contribution in [0.25, 0.3) is 0 Å². The monoisotopic (exact) mass is 270 g/mol. The lowest BCUT2D eigenvalue weighted by atomic mass is 10.2. The van der Waals surface area contributed by atoms with Crippen LogP contribution in [0.4, 0.5) is 5.69 Å². The zero-order valence-corrected chi connectivity index (χ0v) is 10.4. The highest BCUT2D eigenvalue weighted by Gasteiger charge is 2.17. The van der Waals surface area contributed by atoms with Gasteiger partial charge in [0.1, 0.15) is 0 Å². The number of halogens is 1. The molecule has 82 valence electrons. The van der Waals surface area contributed by atoms with E-state index in [9.17, 15) is 0 Å². The Kier molecular flexibility index (Phi) is 3.59. The van der Waals surface area contributed by atoms with Crippen molar-refractivity contribution in [1.29, 1.82) is 0 Å². The molecule has 0 N–H and O–H groups in total. The lowest BCUT2D eigenvalue weighted by Gasteiger charge is -2.24. The van der Waals surface area contributed by atoms with Gasteiger partial charge in [-0.15, -0.1) is 0 Å². The Morgan fingerprint density at radius 1 is 1.60 bits per heavy atom. The van der Waals surface area contributed by atoms with E-state index < -0.39 is 0 Å². The second kappa shape index (κ2) is 4.94. The van der Waals surface area contributed by atoms with Gasteiger partial charge in [0, 0.05) is 31.2 Å². The molecule has 1 atom stereocenters. The lowest BCUT2D eigenvalue weighted by Crippen LogP contribution is -2.30. The second-order valence-electron chi connectivity index (χ2n) is 3.78. The molecule has 1 saturated heterocycles. The van der Waals surface area contributed by atoms with Crippen molar-refractivity contribution >= 4 is 21.6 Å². The molecule has 0 radical (unpaired) electrons. The van der Waals surface area contributed by atoms with Gasteiger partial charge < -0.3 is 9.64 Å². The van der Waals surface area contributed by atoms with Crippen LogP contribution in [0.2, 0.25) is 0 Å². The largest absolute Gasteiger partial charge is 0.378 e. The van der Waals surface area contributed by atoms with Crippen LogP contribution in [-0.2, 0) is 4.74 Å². The molecule has 0 amide bonds. The minimum Gasteiger partial charge on any atom is -0.378 e. The summed E-state index contributed by atoms with van der Waals surface area (Å²) >= 11 is 3.62. The van der Waals surface area contributed by atoms with Crippen LogP contribution in [0.5, 0.6) is 0 Å². The third-order valence-corrected chi connectivity index (χ3v) is 3.11. The van der Waals surface area contributed by atoms with Crippen molar-refractivity contribution in [2.75, 3.05) is 31.2 Å². The van der Waals surface area contributed by atoms with Gasteiger partial charge >= 0.3 is 0 Å². The lowest BCUT2D eigenvalue weighted by molar-refractivity contribution is 0.156. The maximum absolute atomic E-state index is 5.49. The molecule has 1 aromatic rings. The number of hydrogen-bond acceptors (Lipinski definition) is 3. The summed E-state index contributed by atoms with van der Waals surface area (Å²) in [6.45, 7) is 5.62. The fourth-order valence-corrected chi connectivity index (χ4v) is 2.35. The molecule has 15 heavy (non-hydrogen) atoms. The van der Waals surface area contributed by atoms with Crippen LogP contribution < -0.4 is 4.90 Å². The molecule has 0 bridgehead atoms. The molecule has 3 nitrogen and oxygen atoms in total. The van der Waals surface area contributed by atoms with Gasteiger partial charge in [-0.3, -0.25) is 4.98 Å². The number of anilines is 1. The van der Waals surface area contributed by atoms with Crippen LogP contribution in [0.1, 0.15) is 5.56 Å². The van der Waals surface area contributed by atoms with Crippen LogP contribution >= 0.6 is 15.9 Å². The third kappa shape index (κ3) is 2.69. The smallest absolute Gasteiger partial charge is 0.0642 e. The van der Waals surface area contributed by atoms with Crippen LogP contribution in [0.3, 0.4) is 0 Å². The molecule has 1 aliphatic heterocycles. The summed E-state index contributed by atoms with van der Waals surface area (Å²) in [5.41, 5.74) is 2.49. The first-order chi connectivity index (χ1) is 7.27. The van der Waals surface area contributed by atoms with Crippen molar-refractivity contribution in [2.45, 2.75) is 11.8 Å². The molecule has 1 fully saturated rings. The van der Waals surface area contributed by atoms with E-state index in [-0.39, 0.29) is 0 Å². The minimum atomic E-state index is 0.410. The molecule has 2 heterocycles. The summed E-state index contributed by atoms with van der Waals surface area (Å²) in [5.74, 6) is 0. The fourth-order valence-electron chi connectivity index (χ4n) is 1.81. The number of aryl methyl sites for hydroxylation is 1. The molecular weight excluding hydrogens is 256 g/mol. The zero-order valence-electron chi connectivity index (χ0n) is 8.82. The minimum absolute atomic E-state index is 0.410. The van der Waals surface area contributed by atoms with E-state index in [4.69, 9.17) is 4.74 Å². The van der Waals surface area contributed by atoms with Crippen LogP contribution in [-0.4, -0.2) is 36.1 Å². The number of aromatic nitrogens is 1. The van der Waals surface area contributed by atoms with E-state index in [1.807, 2.05) is 12.4 Å². The molecule has 0 aliphatic carbocycles. The molecular formula is C11H15BrN2O. The first-order valence-corrected chi connectivity index (χ1v) is 6.06. The van der Waals surface area contributed by atoms with E-state index in [1.165, 1.54) is 11.3 Å². The predicted molar refractivity (Wildman–Crippen MR) is 64.7 cm³/mol. The molecule has 0 saturated carbocycles. The molecule has 4 heteroatoms.